The lowest BCUT2D eigenvalue weighted by molar-refractivity contribution is 0.282. The largest absolute Gasteiger partial charge is 0.497 e. The fourth-order valence-corrected chi connectivity index (χ4v) is 1.77. The number of aliphatic hydroxyl groups is 1. The first-order chi connectivity index (χ1) is 8.81. The fourth-order valence-electron chi connectivity index (χ4n) is 1.77. The third-order valence-electron chi connectivity index (χ3n) is 2.74. The first-order valence-corrected chi connectivity index (χ1v) is 5.88. The van der Waals surface area contributed by atoms with Crippen LogP contribution < -0.4 is 10.1 Å². The van der Waals surface area contributed by atoms with Crippen molar-refractivity contribution in [2.24, 2.45) is 0 Å². The lowest BCUT2D eigenvalue weighted by Gasteiger charge is -2.08. The topological polar surface area (TPSA) is 41.5 Å². The summed E-state index contributed by atoms with van der Waals surface area (Å²) in [5.41, 5.74) is 3.07. The molecule has 0 aromatic heterocycles. The molecule has 0 radical (unpaired) electrons. The molecule has 0 amide bonds. The summed E-state index contributed by atoms with van der Waals surface area (Å²) in [6.45, 7) is 0.792. The van der Waals surface area contributed by atoms with E-state index in [2.05, 4.69) is 5.32 Å². The Labute approximate surface area is 107 Å². The van der Waals surface area contributed by atoms with Crippen LogP contribution in [0.25, 0.3) is 0 Å². The number of nitrogens with one attached hydrogen (secondary N) is 1. The van der Waals surface area contributed by atoms with E-state index in [4.69, 9.17) is 9.84 Å². The van der Waals surface area contributed by atoms with Crippen LogP contribution in [0.1, 0.15) is 11.1 Å². The van der Waals surface area contributed by atoms with E-state index in [1.54, 1.807) is 7.11 Å². The Balaban J connectivity index is 2.01. The molecule has 94 valence electrons. The molecule has 3 heteroatoms. The van der Waals surface area contributed by atoms with Crippen LogP contribution >= 0.6 is 0 Å². The number of anilines is 1. The second-order valence-corrected chi connectivity index (χ2v) is 4.06. The van der Waals surface area contributed by atoms with Gasteiger partial charge < -0.3 is 15.2 Å². The van der Waals surface area contributed by atoms with Gasteiger partial charge in [0.15, 0.2) is 0 Å². The summed E-state index contributed by atoms with van der Waals surface area (Å²) in [6, 6.07) is 15.7. The highest BCUT2D eigenvalue weighted by Gasteiger charge is 1.97. The third-order valence-corrected chi connectivity index (χ3v) is 2.74. The van der Waals surface area contributed by atoms with E-state index < -0.39 is 0 Å². The Morgan fingerprint density at radius 2 is 1.83 bits per heavy atom. The number of hydrogen-bond acceptors (Lipinski definition) is 3. The van der Waals surface area contributed by atoms with Crippen molar-refractivity contribution in [1.82, 2.24) is 0 Å². The zero-order valence-electron chi connectivity index (χ0n) is 10.4. The molecule has 0 fully saturated rings. The van der Waals surface area contributed by atoms with Crippen molar-refractivity contribution in [1.29, 1.82) is 0 Å². The Hall–Kier alpha value is -2.00. The molecule has 0 spiro atoms. The van der Waals surface area contributed by atoms with Crippen LogP contribution in [0.4, 0.5) is 5.69 Å². The van der Waals surface area contributed by atoms with Crippen LogP contribution in [0.5, 0.6) is 5.75 Å². The monoisotopic (exact) mass is 243 g/mol. The van der Waals surface area contributed by atoms with Gasteiger partial charge in [-0.2, -0.15) is 0 Å². The first-order valence-electron chi connectivity index (χ1n) is 5.88. The molecule has 0 aliphatic rings. The predicted octanol–water partition coefficient (Wildman–Crippen LogP) is 2.80. The molecule has 0 heterocycles. The zero-order valence-corrected chi connectivity index (χ0v) is 10.4. The zero-order chi connectivity index (χ0) is 12.8. The number of hydrogen-bond donors (Lipinski definition) is 2. The van der Waals surface area contributed by atoms with Gasteiger partial charge in [0.2, 0.25) is 0 Å². The van der Waals surface area contributed by atoms with Crippen LogP contribution in [0.2, 0.25) is 0 Å². The van der Waals surface area contributed by atoms with E-state index in [9.17, 15) is 0 Å². The molecular formula is C15H17NO2. The van der Waals surface area contributed by atoms with Gasteiger partial charge in [-0.15, -0.1) is 0 Å². The number of rotatable bonds is 5. The molecular weight excluding hydrogens is 226 g/mol. The van der Waals surface area contributed by atoms with Gasteiger partial charge >= 0.3 is 0 Å². The van der Waals surface area contributed by atoms with Gasteiger partial charge in [-0.05, 0) is 35.4 Å². The van der Waals surface area contributed by atoms with E-state index in [1.165, 1.54) is 0 Å². The van der Waals surface area contributed by atoms with Crippen molar-refractivity contribution >= 4 is 5.69 Å². The molecule has 2 rings (SSSR count). The van der Waals surface area contributed by atoms with Gasteiger partial charge in [-0.3, -0.25) is 0 Å². The number of ether oxygens (including phenoxy) is 1. The molecule has 2 N–H and O–H groups in total. The summed E-state index contributed by atoms with van der Waals surface area (Å²) in [4.78, 5) is 0. The Morgan fingerprint density at radius 3 is 2.61 bits per heavy atom. The highest BCUT2D eigenvalue weighted by molar-refractivity contribution is 5.46. The Kier molecular flexibility index (Phi) is 4.20. The molecule has 0 atom stereocenters. The SMILES string of the molecule is COc1cccc(CNc2cccc(CO)c2)c1. The quantitative estimate of drug-likeness (QED) is 0.848. The van der Waals surface area contributed by atoms with Crippen molar-refractivity contribution in [3.05, 3.63) is 59.7 Å². The van der Waals surface area contributed by atoms with Crippen molar-refractivity contribution in [2.75, 3.05) is 12.4 Å². The second-order valence-electron chi connectivity index (χ2n) is 4.06. The van der Waals surface area contributed by atoms with Gasteiger partial charge in [-0.1, -0.05) is 24.3 Å². The van der Waals surface area contributed by atoms with Crippen molar-refractivity contribution in [3.63, 3.8) is 0 Å². The maximum Gasteiger partial charge on any atom is 0.119 e. The summed E-state index contributed by atoms with van der Waals surface area (Å²) >= 11 is 0. The summed E-state index contributed by atoms with van der Waals surface area (Å²) < 4.78 is 5.18. The van der Waals surface area contributed by atoms with Crippen LogP contribution in [0.15, 0.2) is 48.5 Å². The first kappa shape index (κ1) is 12.5. The fraction of sp³-hybridized carbons (Fsp3) is 0.200. The van der Waals surface area contributed by atoms with Crippen molar-refractivity contribution in [3.8, 4) is 5.75 Å². The minimum atomic E-state index is 0.0642. The molecule has 0 saturated carbocycles. The lowest BCUT2D eigenvalue weighted by atomic mass is 10.2. The van der Waals surface area contributed by atoms with Crippen LogP contribution in [0.3, 0.4) is 0 Å². The maximum absolute atomic E-state index is 9.07. The number of methoxy groups -OCH3 is 1. The summed E-state index contributed by atoms with van der Waals surface area (Å²) in [7, 11) is 1.66. The number of aliphatic hydroxyl groups excluding tert-OH is 1. The minimum absolute atomic E-state index is 0.0642. The van der Waals surface area contributed by atoms with Crippen LogP contribution in [-0.4, -0.2) is 12.2 Å². The smallest absolute Gasteiger partial charge is 0.119 e. The molecule has 2 aromatic rings. The standard InChI is InChI=1S/C15H17NO2/c1-18-15-7-3-4-12(9-15)10-16-14-6-2-5-13(8-14)11-17/h2-9,16-17H,10-11H2,1H3. The van der Waals surface area contributed by atoms with Crippen molar-refractivity contribution in [2.45, 2.75) is 13.2 Å². The second kappa shape index (κ2) is 6.07. The summed E-state index contributed by atoms with van der Waals surface area (Å²) in [5.74, 6) is 0.860. The van der Waals surface area contributed by atoms with E-state index in [0.29, 0.717) is 0 Å². The Bertz CT molecular complexity index is 464. The average molecular weight is 243 g/mol. The summed E-state index contributed by atoms with van der Waals surface area (Å²) in [5, 5.41) is 12.4. The lowest BCUT2D eigenvalue weighted by Crippen LogP contribution is -2.00. The van der Waals surface area contributed by atoms with Gasteiger partial charge in [0.05, 0.1) is 13.7 Å². The highest BCUT2D eigenvalue weighted by atomic mass is 16.5. The predicted molar refractivity (Wildman–Crippen MR) is 72.7 cm³/mol. The average Bonchev–Trinajstić information content (AvgIpc) is 2.45. The molecule has 0 bridgehead atoms. The molecule has 0 saturated heterocycles. The van der Waals surface area contributed by atoms with Gasteiger partial charge in [0.1, 0.15) is 5.75 Å². The molecule has 2 aromatic carbocycles. The normalized spacial score (nSPS) is 10.1. The molecule has 0 aliphatic heterocycles. The van der Waals surface area contributed by atoms with Gasteiger partial charge in [-0.25, -0.2) is 0 Å². The van der Waals surface area contributed by atoms with E-state index in [1.807, 2.05) is 48.5 Å². The minimum Gasteiger partial charge on any atom is -0.497 e. The van der Waals surface area contributed by atoms with E-state index in [0.717, 1.165) is 29.1 Å². The molecule has 18 heavy (non-hydrogen) atoms. The summed E-state index contributed by atoms with van der Waals surface area (Å²) in [6.07, 6.45) is 0. The van der Waals surface area contributed by atoms with Gasteiger partial charge in [0, 0.05) is 12.2 Å². The molecule has 0 aliphatic carbocycles. The van der Waals surface area contributed by atoms with Crippen LogP contribution in [0, 0.1) is 0 Å². The third kappa shape index (κ3) is 3.25. The molecule has 0 unspecified atom stereocenters. The highest BCUT2D eigenvalue weighted by Crippen LogP contribution is 2.15. The van der Waals surface area contributed by atoms with E-state index in [-0.39, 0.29) is 6.61 Å². The van der Waals surface area contributed by atoms with E-state index >= 15 is 0 Å². The number of benzene rings is 2. The van der Waals surface area contributed by atoms with Crippen LogP contribution in [-0.2, 0) is 13.2 Å². The Morgan fingerprint density at radius 1 is 1.06 bits per heavy atom. The van der Waals surface area contributed by atoms with Gasteiger partial charge in [0.25, 0.3) is 0 Å². The molecule has 3 nitrogen and oxygen atoms in total. The maximum atomic E-state index is 9.07. The van der Waals surface area contributed by atoms with Crippen molar-refractivity contribution < 1.29 is 9.84 Å².